The van der Waals surface area contributed by atoms with Crippen LogP contribution in [0.4, 0.5) is 24.5 Å². The second-order valence-electron chi connectivity index (χ2n) is 6.34. The molecule has 0 atom stereocenters. The number of benzene rings is 2. The minimum atomic E-state index is -4.87. The first-order valence-electron chi connectivity index (χ1n) is 8.27. The van der Waals surface area contributed by atoms with E-state index in [1.807, 2.05) is 19.0 Å². The van der Waals surface area contributed by atoms with Gasteiger partial charge < -0.3 is 9.64 Å². The summed E-state index contributed by atoms with van der Waals surface area (Å²) in [7, 11) is -0.929. The van der Waals surface area contributed by atoms with Crippen molar-refractivity contribution in [2.45, 2.75) is 11.1 Å². The van der Waals surface area contributed by atoms with E-state index < -0.39 is 37.3 Å². The maximum absolute atomic E-state index is 12.8. The molecule has 0 saturated carbocycles. The predicted octanol–water partition coefficient (Wildman–Crippen LogP) is 4.01. The number of anilines is 1. The maximum atomic E-state index is 12.8. The zero-order chi connectivity index (χ0) is 22.7. The number of nitrogens with one attached hydrogen (secondary N) is 1. The zero-order valence-electron chi connectivity index (χ0n) is 15.7. The summed E-state index contributed by atoms with van der Waals surface area (Å²) in [6, 6.07) is 5.07. The van der Waals surface area contributed by atoms with Crippen molar-refractivity contribution in [1.82, 2.24) is 4.90 Å². The number of halogens is 4. The van der Waals surface area contributed by atoms with Crippen molar-refractivity contribution in [1.29, 1.82) is 0 Å². The summed E-state index contributed by atoms with van der Waals surface area (Å²) in [6.45, 7) is 0.817. The van der Waals surface area contributed by atoms with Gasteiger partial charge >= 0.3 is 6.18 Å². The highest BCUT2D eigenvalue weighted by molar-refractivity contribution is 7.92. The Morgan fingerprint density at radius 1 is 1.20 bits per heavy atom. The summed E-state index contributed by atoms with van der Waals surface area (Å²) in [5.41, 5.74) is -2.57. The minimum absolute atomic E-state index is 0.0338. The van der Waals surface area contributed by atoms with E-state index in [9.17, 15) is 31.7 Å². The number of nitro benzene ring substituents is 1. The molecule has 2 rings (SSSR count). The van der Waals surface area contributed by atoms with Gasteiger partial charge in [-0.25, -0.2) is 8.42 Å². The smallest absolute Gasteiger partial charge is 0.416 e. The number of ether oxygens (including phenoxy) is 1. The molecule has 0 heterocycles. The fraction of sp³-hybridized carbons (Fsp3) is 0.294. The second kappa shape index (κ2) is 9.06. The molecule has 2 aromatic carbocycles. The van der Waals surface area contributed by atoms with Crippen molar-refractivity contribution in [3.05, 3.63) is 57.1 Å². The lowest BCUT2D eigenvalue weighted by Gasteiger charge is -2.14. The molecular weight excluding hydrogens is 451 g/mol. The van der Waals surface area contributed by atoms with Crippen LogP contribution in [0.3, 0.4) is 0 Å². The first kappa shape index (κ1) is 23.7. The van der Waals surface area contributed by atoms with Crippen LogP contribution in [0, 0.1) is 10.1 Å². The summed E-state index contributed by atoms with van der Waals surface area (Å²) >= 11 is 6.02. The van der Waals surface area contributed by atoms with Crippen molar-refractivity contribution in [2.75, 3.05) is 32.0 Å². The number of alkyl halides is 3. The standard InChI is InChI=1S/C17H17ClF3N3O5S/c1-23(2)7-8-29-15-10-12(4-5-13(15)18)22-30(27,28)16-6-3-11(17(19,20)21)9-14(16)24(25)26/h3-6,9-10,22H,7-8H2,1-2H3. The fourth-order valence-corrected chi connectivity index (χ4v) is 3.66. The van der Waals surface area contributed by atoms with Crippen LogP contribution in [0.25, 0.3) is 0 Å². The SMILES string of the molecule is CN(C)CCOc1cc(NS(=O)(=O)c2ccc(C(F)(F)F)cc2[N+](=O)[O-])ccc1Cl. The monoisotopic (exact) mass is 467 g/mol. The third kappa shape index (κ3) is 5.97. The quantitative estimate of drug-likeness (QED) is 0.465. The molecule has 0 saturated heterocycles. The normalized spacial score (nSPS) is 12.1. The zero-order valence-corrected chi connectivity index (χ0v) is 17.3. The molecule has 0 aliphatic carbocycles. The van der Waals surface area contributed by atoms with Crippen LogP contribution in [0.2, 0.25) is 5.02 Å². The van der Waals surface area contributed by atoms with Gasteiger partial charge in [-0.05, 0) is 38.4 Å². The van der Waals surface area contributed by atoms with Gasteiger partial charge in [0, 0.05) is 18.7 Å². The summed E-state index contributed by atoms with van der Waals surface area (Å²) < 4.78 is 71.3. The first-order valence-corrected chi connectivity index (χ1v) is 10.1. The van der Waals surface area contributed by atoms with Crippen LogP contribution in [-0.2, 0) is 16.2 Å². The van der Waals surface area contributed by atoms with Crippen molar-refractivity contribution >= 4 is 33.0 Å². The second-order valence-corrected chi connectivity index (χ2v) is 8.40. The molecule has 0 spiro atoms. The van der Waals surface area contributed by atoms with E-state index in [-0.39, 0.29) is 29.1 Å². The van der Waals surface area contributed by atoms with Gasteiger partial charge in [-0.3, -0.25) is 14.8 Å². The van der Waals surface area contributed by atoms with Crippen molar-refractivity contribution in [3.8, 4) is 5.75 Å². The molecule has 0 bridgehead atoms. The topological polar surface area (TPSA) is 102 Å². The lowest BCUT2D eigenvalue weighted by Crippen LogP contribution is -2.19. The molecule has 1 N–H and O–H groups in total. The molecular formula is C17H17ClF3N3O5S. The minimum Gasteiger partial charge on any atom is -0.491 e. The third-order valence-corrected chi connectivity index (χ3v) is 5.49. The molecule has 13 heteroatoms. The van der Waals surface area contributed by atoms with Crippen LogP contribution < -0.4 is 9.46 Å². The van der Waals surface area contributed by atoms with Gasteiger partial charge in [0.05, 0.1) is 21.2 Å². The number of nitro groups is 1. The highest BCUT2D eigenvalue weighted by Crippen LogP contribution is 2.35. The average molecular weight is 468 g/mol. The number of hydrogen-bond acceptors (Lipinski definition) is 6. The number of sulfonamides is 1. The van der Waals surface area contributed by atoms with Crippen molar-refractivity contribution < 1.29 is 31.2 Å². The Labute approximate surface area is 175 Å². The van der Waals surface area contributed by atoms with E-state index in [1.165, 1.54) is 18.2 Å². The summed E-state index contributed by atoms with van der Waals surface area (Å²) in [5.74, 6) is 0.167. The molecule has 2 aromatic rings. The Bertz CT molecular complexity index is 1050. The van der Waals surface area contributed by atoms with E-state index >= 15 is 0 Å². The molecule has 164 valence electrons. The Hall–Kier alpha value is -2.57. The molecule has 0 amide bonds. The highest BCUT2D eigenvalue weighted by atomic mass is 35.5. The van der Waals surface area contributed by atoms with E-state index in [2.05, 4.69) is 4.72 Å². The Kier molecular flexibility index (Phi) is 7.16. The van der Waals surface area contributed by atoms with Crippen LogP contribution >= 0.6 is 11.6 Å². The Balaban J connectivity index is 2.36. The van der Waals surface area contributed by atoms with Gasteiger partial charge in [0.25, 0.3) is 15.7 Å². The number of likely N-dealkylation sites (N-methyl/N-ethyl adjacent to an activating group) is 1. The highest BCUT2D eigenvalue weighted by Gasteiger charge is 2.35. The van der Waals surface area contributed by atoms with Gasteiger partial charge in [0.15, 0.2) is 4.90 Å². The van der Waals surface area contributed by atoms with Crippen LogP contribution in [0.1, 0.15) is 5.56 Å². The van der Waals surface area contributed by atoms with Crippen LogP contribution in [0.5, 0.6) is 5.75 Å². The molecule has 0 aliphatic rings. The molecule has 0 aliphatic heterocycles. The van der Waals surface area contributed by atoms with Crippen molar-refractivity contribution in [2.24, 2.45) is 0 Å². The van der Waals surface area contributed by atoms with Crippen LogP contribution in [0.15, 0.2) is 41.3 Å². The number of hydrogen-bond donors (Lipinski definition) is 1. The lowest BCUT2D eigenvalue weighted by molar-refractivity contribution is -0.388. The fourth-order valence-electron chi connectivity index (χ4n) is 2.29. The van der Waals surface area contributed by atoms with Gasteiger partial charge in [-0.1, -0.05) is 11.6 Å². The van der Waals surface area contributed by atoms with Gasteiger partial charge in [-0.2, -0.15) is 13.2 Å². The molecule has 30 heavy (non-hydrogen) atoms. The van der Waals surface area contributed by atoms with Gasteiger partial charge in [0.2, 0.25) is 0 Å². The lowest BCUT2D eigenvalue weighted by atomic mass is 10.2. The first-order chi connectivity index (χ1) is 13.8. The largest absolute Gasteiger partial charge is 0.491 e. The number of nitrogens with zero attached hydrogens (tertiary/aromatic N) is 2. The van der Waals surface area contributed by atoms with Gasteiger partial charge in [-0.15, -0.1) is 0 Å². The maximum Gasteiger partial charge on any atom is 0.416 e. The molecule has 0 unspecified atom stereocenters. The van der Waals surface area contributed by atoms with E-state index in [1.54, 1.807) is 0 Å². The molecule has 8 nitrogen and oxygen atoms in total. The average Bonchev–Trinajstić information content (AvgIpc) is 2.62. The Morgan fingerprint density at radius 2 is 1.87 bits per heavy atom. The van der Waals surface area contributed by atoms with E-state index in [4.69, 9.17) is 16.3 Å². The number of rotatable bonds is 8. The molecule has 0 radical (unpaired) electrons. The summed E-state index contributed by atoms with van der Waals surface area (Å²) in [6.07, 6.45) is -4.87. The van der Waals surface area contributed by atoms with Crippen molar-refractivity contribution in [3.63, 3.8) is 0 Å². The predicted molar refractivity (Wildman–Crippen MR) is 104 cm³/mol. The van der Waals surface area contributed by atoms with E-state index in [0.29, 0.717) is 18.7 Å². The van der Waals surface area contributed by atoms with Crippen LogP contribution in [-0.4, -0.2) is 45.5 Å². The molecule has 0 aromatic heterocycles. The summed E-state index contributed by atoms with van der Waals surface area (Å²) in [4.78, 5) is 10.9. The van der Waals surface area contributed by atoms with E-state index in [0.717, 1.165) is 0 Å². The molecule has 0 fully saturated rings. The van der Waals surface area contributed by atoms with Gasteiger partial charge in [0.1, 0.15) is 12.4 Å². The summed E-state index contributed by atoms with van der Waals surface area (Å²) in [5, 5.41) is 11.4. The third-order valence-electron chi connectivity index (χ3n) is 3.75. The Morgan fingerprint density at radius 3 is 2.43 bits per heavy atom.